The van der Waals surface area contributed by atoms with Crippen molar-refractivity contribution in [1.29, 1.82) is 0 Å². The van der Waals surface area contributed by atoms with E-state index in [1.807, 2.05) is 6.92 Å². The van der Waals surface area contributed by atoms with E-state index in [1.165, 1.54) is 30.8 Å². The zero-order chi connectivity index (χ0) is 15.2. The van der Waals surface area contributed by atoms with Crippen LogP contribution in [0.1, 0.15) is 27.1 Å². The van der Waals surface area contributed by atoms with Crippen molar-refractivity contribution in [2.24, 2.45) is 0 Å². The van der Waals surface area contributed by atoms with Crippen LogP contribution < -0.4 is 10.1 Å². The number of hydrogen-bond donors (Lipinski definition) is 1. The predicted molar refractivity (Wildman–Crippen MR) is 76.8 cm³/mol. The van der Waals surface area contributed by atoms with Gasteiger partial charge in [0.2, 0.25) is 5.88 Å². The van der Waals surface area contributed by atoms with Crippen molar-refractivity contribution in [3.63, 3.8) is 0 Å². The molecule has 0 unspecified atom stereocenters. The Morgan fingerprint density at radius 2 is 2.19 bits per heavy atom. The quantitative estimate of drug-likeness (QED) is 0.849. The number of amides is 1. The molecule has 2 rings (SSSR count). The fourth-order valence-electron chi connectivity index (χ4n) is 1.54. The number of methoxy groups -OCH3 is 1. The first-order chi connectivity index (χ1) is 10.2. The second kappa shape index (κ2) is 6.80. The molecule has 0 saturated heterocycles. The van der Waals surface area contributed by atoms with Crippen molar-refractivity contribution in [2.45, 2.75) is 6.92 Å². The number of esters is 1. The highest BCUT2D eigenvalue weighted by Crippen LogP contribution is 2.23. The maximum absolute atomic E-state index is 12.1. The van der Waals surface area contributed by atoms with E-state index in [1.54, 1.807) is 11.4 Å². The Labute approximate surface area is 124 Å². The minimum absolute atomic E-state index is 0.149. The maximum atomic E-state index is 12.1. The van der Waals surface area contributed by atoms with Crippen molar-refractivity contribution in [2.75, 3.05) is 19.0 Å². The molecule has 0 aliphatic carbocycles. The number of hydrogen-bond acceptors (Lipinski definition) is 7. The van der Waals surface area contributed by atoms with Gasteiger partial charge in [0.1, 0.15) is 16.9 Å². The van der Waals surface area contributed by atoms with Gasteiger partial charge in [-0.1, -0.05) is 0 Å². The van der Waals surface area contributed by atoms with Crippen LogP contribution in [0.25, 0.3) is 0 Å². The summed E-state index contributed by atoms with van der Waals surface area (Å²) >= 11 is 1.18. The predicted octanol–water partition coefficient (Wildman–Crippen LogP) is 1.98. The number of nitrogens with zero attached hydrogens (tertiary/aromatic N) is 2. The summed E-state index contributed by atoms with van der Waals surface area (Å²) in [6.45, 7) is 2.25. The minimum Gasteiger partial charge on any atom is -0.478 e. The van der Waals surface area contributed by atoms with Gasteiger partial charge in [-0.2, -0.15) is 0 Å². The number of carbonyl (C=O) groups is 2. The molecule has 0 spiro atoms. The number of ether oxygens (including phenoxy) is 2. The molecule has 7 nitrogen and oxygen atoms in total. The lowest BCUT2D eigenvalue weighted by Crippen LogP contribution is -2.15. The van der Waals surface area contributed by atoms with Crippen molar-refractivity contribution in [3.05, 3.63) is 34.4 Å². The monoisotopic (exact) mass is 307 g/mol. The molecule has 0 aromatic carbocycles. The summed E-state index contributed by atoms with van der Waals surface area (Å²) in [5, 5.41) is 4.30. The van der Waals surface area contributed by atoms with Crippen LogP contribution in [0.2, 0.25) is 0 Å². The summed E-state index contributed by atoms with van der Waals surface area (Å²) in [4.78, 5) is 31.8. The SMILES string of the molecule is CCOc1cc(C(=O)Nc2ccsc2C(=O)OC)ncn1. The maximum Gasteiger partial charge on any atom is 0.350 e. The molecule has 2 heterocycles. The third-order valence-electron chi connectivity index (χ3n) is 2.45. The highest BCUT2D eigenvalue weighted by molar-refractivity contribution is 7.12. The summed E-state index contributed by atoms with van der Waals surface area (Å²) in [6, 6.07) is 3.06. The van der Waals surface area contributed by atoms with Gasteiger partial charge in [-0.25, -0.2) is 14.8 Å². The van der Waals surface area contributed by atoms with E-state index in [4.69, 9.17) is 4.74 Å². The molecule has 8 heteroatoms. The molecule has 1 N–H and O–H groups in total. The Hall–Kier alpha value is -2.48. The van der Waals surface area contributed by atoms with E-state index in [0.717, 1.165) is 0 Å². The molecule has 0 aliphatic rings. The first kappa shape index (κ1) is 14.9. The van der Waals surface area contributed by atoms with E-state index >= 15 is 0 Å². The first-order valence-electron chi connectivity index (χ1n) is 6.07. The van der Waals surface area contributed by atoms with Gasteiger partial charge in [0.25, 0.3) is 5.91 Å². The van der Waals surface area contributed by atoms with Crippen LogP contribution >= 0.6 is 11.3 Å². The average molecular weight is 307 g/mol. The van der Waals surface area contributed by atoms with Gasteiger partial charge < -0.3 is 14.8 Å². The van der Waals surface area contributed by atoms with E-state index in [-0.39, 0.29) is 5.69 Å². The van der Waals surface area contributed by atoms with Gasteiger partial charge in [-0.05, 0) is 18.4 Å². The third-order valence-corrected chi connectivity index (χ3v) is 3.35. The van der Waals surface area contributed by atoms with Crippen LogP contribution in [0.5, 0.6) is 5.88 Å². The Kier molecular flexibility index (Phi) is 4.83. The van der Waals surface area contributed by atoms with E-state index in [0.29, 0.717) is 23.1 Å². The number of rotatable bonds is 5. The van der Waals surface area contributed by atoms with E-state index < -0.39 is 11.9 Å². The lowest BCUT2D eigenvalue weighted by Gasteiger charge is -2.06. The van der Waals surface area contributed by atoms with Gasteiger partial charge in [-0.15, -0.1) is 11.3 Å². The second-order valence-corrected chi connectivity index (χ2v) is 4.70. The zero-order valence-corrected chi connectivity index (χ0v) is 12.3. The van der Waals surface area contributed by atoms with Gasteiger partial charge in [0, 0.05) is 6.07 Å². The lowest BCUT2D eigenvalue weighted by molar-refractivity contribution is 0.0607. The Balaban J connectivity index is 2.17. The smallest absolute Gasteiger partial charge is 0.350 e. The fourth-order valence-corrected chi connectivity index (χ4v) is 2.30. The molecule has 110 valence electrons. The molecular formula is C13H13N3O4S. The van der Waals surface area contributed by atoms with Crippen LogP contribution in [-0.2, 0) is 4.74 Å². The molecule has 0 saturated carbocycles. The van der Waals surface area contributed by atoms with Gasteiger partial charge in [-0.3, -0.25) is 4.79 Å². The summed E-state index contributed by atoms with van der Waals surface area (Å²) in [5.41, 5.74) is 0.531. The minimum atomic E-state index is -0.502. The molecule has 0 atom stereocenters. The van der Waals surface area contributed by atoms with Crippen molar-refractivity contribution in [3.8, 4) is 5.88 Å². The molecule has 1 amide bonds. The second-order valence-electron chi connectivity index (χ2n) is 3.78. The summed E-state index contributed by atoms with van der Waals surface area (Å²) in [7, 11) is 1.28. The molecular weight excluding hydrogens is 294 g/mol. The number of nitrogens with one attached hydrogen (secondary N) is 1. The first-order valence-corrected chi connectivity index (χ1v) is 6.95. The van der Waals surface area contributed by atoms with Crippen molar-refractivity contribution < 1.29 is 19.1 Å². The van der Waals surface area contributed by atoms with Crippen LogP contribution in [0.3, 0.4) is 0 Å². The fraction of sp³-hybridized carbons (Fsp3) is 0.231. The number of anilines is 1. The molecule has 0 bridgehead atoms. The Morgan fingerprint density at radius 3 is 2.90 bits per heavy atom. The van der Waals surface area contributed by atoms with Crippen LogP contribution in [0.4, 0.5) is 5.69 Å². The van der Waals surface area contributed by atoms with Crippen LogP contribution in [-0.4, -0.2) is 35.6 Å². The Bertz CT molecular complexity index is 656. The standard InChI is InChI=1S/C13H13N3O4S/c1-3-20-10-6-9(14-7-15-10)12(17)16-8-4-5-21-11(8)13(18)19-2/h4-7H,3H2,1-2H3,(H,16,17). The van der Waals surface area contributed by atoms with Gasteiger partial charge in [0.15, 0.2) is 0 Å². The molecule has 0 aliphatic heterocycles. The van der Waals surface area contributed by atoms with E-state index in [2.05, 4.69) is 20.0 Å². The summed E-state index contributed by atoms with van der Waals surface area (Å²) in [6.07, 6.45) is 1.24. The van der Waals surface area contributed by atoms with Gasteiger partial charge in [0.05, 0.1) is 19.4 Å². The topological polar surface area (TPSA) is 90.4 Å². The molecule has 2 aromatic rings. The highest BCUT2D eigenvalue weighted by atomic mass is 32.1. The zero-order valence-electron chi connectivity index (χ0n) is 11.5. The normalized spacial score (nSPS) is 10.0. The number of thiophene rings is 1. The largest absolute Gasteiger partial charge is 0.478 e. The van der Waals surface area contributed by atoms with E-state index in [9.17, 15) is 9.59 Å². The molecule has 21 heavy (non-hydrogen) atoms. The van der Waals surface area contributed by atoms with Crippen molar-refractivity contribution in [1.82, 2.24) is 9.97 Å². The Morgan fingerprint density at radius 1 is 1.38 bits per heavy atom. The van der Waals surface area contributed by atoms with Crippen LogP contribution in [0.15, 0.2) is 23.8 Å². The van der Waals surface area contributed by atoms with Crippen molar-refractivity contribution >= 4 is 28.9 Å². The number of aromatic nitrogens is 2. The molecule has 0 fully saturated rings. The third kappa shape index (κ3) is 3.54. The number of carbonyl (C=O) groups excluding carboxylic acids is 2. The average Bonchev–Trinajstić information content (AvgIpc) is 2.95. The highest BCUT2D eigenvalue weighted by Gasteiger charge is 2.17. The summed E-state index contributed by atoms with van der Waals surface area (Å²) in [5.74, 6) is -0.643. The van der Waals surface area contributed by atoms with Crippen LogP contribution in [0, 0.1) is 0 Å². The van der Waals surface area contributed by atoms with Gasteiger partial charge >= 0.3 is 5.97 Å². The molecule has 0 radical (unpaired) electrons. The summed E-state index contributed by atoms with van der Waals surface area (Å²) < 4.78 is 9.86. The lowest BCUT2D eigenvalue weighted by atomic mass is 10.3. The molecule has 2 aromatic heterocycles.